The molecule has 1 aliphatic rings. The third kappa shape index (κ3) is 6.38. The number of furan rings is 1. The van der Waals surface area contributed by atoms with E-state index in [0.717, 1.165) is 26.9 Å². The van der Waals surface area contributed by atoms with Gasteiger partial charge in [0.25, 0.3) is 5.56 Å². The van der Waals surface area contributed by atoms with Crippen molar-refractivity contribution in [1.82, 2.24) is 14.5 Å². The number of aromatic nitrogens is 3. The summed E-state index contributed by atoms with van der Waals surface area (Å²) in [6.07, 6.45) is 3.40. The van der Waals surface area contributed by atoms with Crippen LogP contribution in [0.5, 0.6) is 0 Å². The van der Waals surface area contributed by atoms with Gasteiger partial charge in [0.15, 0.2) is 15.1 Å². The summed E-state index contributed by atoms with van der Waals surface area (Å²) in [5, 5.41) is 1.12. The number of hydrogen-bond acceptors (Lipinski definition) is 9. The molecular formula is C34H29BrN4O4S2. The van der Waals surface area contributed by atoms with Crippen molar-refractivity contribution in [1.29, 1.82) is 0 Å². The molecule has 0 saturated carbocycles. The molecule has 0 unspecified atom stereocenters. The van der Waals surface area contributed by atoms with E-state index in [-0.39, 0.29) is 12.2 Å². The van der Waals surface area contributed by atoms with Gasteiger partial charge in [-0.1, -0.05) is 79.8 Å². The lowest BCUT2D eigenvalue weighted by atomic mass is 9.91. The van der Waals surface area contributed by atoms with Crippen LogP contribution < -0.4 is 14.9 Å². The molecule has 3 aromatic heterocycles. The number of benzene rings is 2. The second-order valence-corrected chi connectivity index (χ2v) is 13.4. The molecule has 1 atom stereocenters. The first kappa shape index (κ1) is 30.9. The van der Waals surface area contributed by atoms with Gasteiger partial charge in [0.1, 0.15) is 5.76 Å². The number of rotatable bonds is 8. The molecule has 0 aliphatic carbocycles. The first-order valence-corrected chi connectivity index (χ1v) is 16.8. The summed E-state index contributed by atoms with van der Waals surface area (Å²) in [5.74, 6) is 0.296. The largest absolute Gasteiger partial charge is 0.463 e. The van der Waals surface area contributed by atoms with Gasteiger partial charge in [-0.05, 0) is 70.7 Å². The highest BCUT2D eigenvalue weighted by molar-refractivity contribution is 9.10. The van der Waals surface area contributed by atoms with E-state index in [0.29, 0.717) is 42.5 Å². The van der Waals surface area contributed by atoms with Crippen LogP contribution in [0.3, 0.4) is 0 Å². The smallest absolute Gasteiger partial charge is 0.338 e. The number of hydrogen-bond donors (Lipinski definition) is 0. The topological polar surface area (TPSA) is 99.6 Å². The molecule has 2 aromatic carbocycles. The zero-order chi connectivity index (χ0) is 31.7. The monoisotopic (exact) mass is 700 g/mol. The molecule has 0 saturated heterocycles. The zero-order valence-corrected chi connectivity index (χ0v) is 28.2. The third-order valence-electron chi connectivity index (χ3n) is 7.20. The average Bonchev–Trinajstić information content (AvgIpc) is 3.53. The number of carbonyl (C=O) groups excluding carboxylic acids is 1. The van der Waals surface area contributed by atoms with Crippen LogP contribution in [-0.2, 0) is 9.53 Å². The standard InChI is InChI=1S/C34H29BrN4O4S2/c1-5-42-31(41)27-28(22-9-7-6-8-10-22)38-34-39(29(27)23-13-11-21(12-14-23)19(2)3)30(40)26(44-34)18-24-17-25(35)32(43-24)45-33-36-16-15-20(4)37-33/h6-19,29H,5H2,1-4H3/b26-18+/t29-/m0/s1. The van der Waals surface area contributed by atoms with Crippen molar-refractivity contribution >= 4 is 56.8 Å². The first-order valence-electron chi connectivity index (χ1n) is 14.4. The molecule has 0 spiro atoms. The number of esters is 1. The normalized spacial score (nSPS) is 14.9. The first-order chi connectivity index (χ1) is 21.7. The second-order valence-electron chi connectivity index (χ2n) is 10.6. The van der Waals surface area contributed by atoms with Gasteiger partial charge in [-0.3, -0.25) is 9.36 Å². The van der Waals surface area contributed by atoms with Gasteiger partial charge >= 0.3 is 5.97 Å². The maximum atomic E-state index is 14.2. The molecule has 0 N–H and O–H groups in total. The Morgan fingerprint density at radius 3 is 2.60 bits per heavy atom. The van der Waals surface area contributed by atoms with E-state index in [1.165, 1.54) is 23.1 Å². The van der Waals surface area contributed by atoms with E-state index < -0.39 is 12.0 Å². The number of fused-ring (bicyclic) bond motifs is 1. The Hall–Kier alpha value is -4.06. The van der Waals surface area contributed by atoms with Crippen LogP contribution in [0.25, 0.3) is 11.8 Å². The van der Waals surface area contributed by atoms with E-state index in [1.54, 1.807) is 29.8 Å². The molecule has 45 heavy (non-hydrogen) atoms. The van der Waals surface area contributed by atoms with Crippen molar-refractivity contribution in [3.05, 3.63) is 131 Å². The van der Waals surface area contributed by atoms with Crippen LogP contribution in [0, 0.1) is 6.92 Å². The van der Waals surface area contributed by atoms with Crippen molar-refractivity contribution in [2.24, 2.45) is 4.99 Å². The van der Waals surface area contributed by atoms with Crippen LogP contribution in [0.1, 0.15) is 60.9 Å². The predicted octanol–water partition coefficient (Wildman–Crippen LogP) is 6.66. The van der Waals surface area contributed by atoms with Gasteiger partial charge in [0, 0.05) is 23.5 Å². The summed E-state index contributed by atoms with van der Waals surface area (Å²) in [7, 11) is 0. The van der Waals surface area contributed by atoms with Crippen LogP contribution in [0.15, 0.2) is 107 Å². The molecular weight excluding hydrogens is 672 g/mol. The summed E-state index contributed by atoms with van der Waals surface area (Å²) in [6.45, 7) is 8.11. The molecule has 228 valence electrons. The lowest BCUT2D eigenvalue weighted by Crippen LogP contribution is -2.40. The highest BCUT2D eigenvalue weighted by Crippen LogP contribution is 2.36. The average molecular weight is 702 g/mol. The van der Waals surface area contributed by atoms with E-state index in [2.05, 4.69) is 39.7 Å². The van der Waals surface area contributed by atoms with E-state index in [1.807, 2.05) is 67.6 Å². The Labute approximate surface area is 276 Å². The van der Waals surface area contributed by atoms with Crippen molar-refractivity contribution in [3.63, 3.8) is 0 Å². The number of aryl methyl sites for hydroxylation is 1. The maximum absolute atomic E-state index is 14.2. The Kier molecular flexibility index (Phi) is 9.02. The van der Waals surface area contributed by atoms with Gasteiger partial charge in [0.05, 0.1) is 32.9 Å². The number of thiazole rings is 1. The Morgan fingerprint density at radius 2 is 1.91 bits per heavy atom. The fraction of sp³-hybridized carbons (Fsp3) is 0.206. The Morgan fingerprint density at radius 1 is 1.16 bits per heavy atom. The van der Waals surface area contributed by atoms with E-state index in [4.69, 9.17) is 14.1 Å². The fourth-order valence-corrected chi connectivity index (χ4v) is 7.31. The minimum Gasteiger partial charge on any atom is -0.463 e. The number of nitrogens with zero attached hydrogens (tertiary/aromatic N) is 4. The number of carbonyl (C=O) groups is 1. The summed E-state index contributed by atoms with van der Waals surface area (Å²) in [5.41, 5.74) is 4.07. The molecule has 0 amide bonds. The summed E-state index contributed by atoms with van der Waals surface area (Å²) >= 11 is 6.09. The van der Waals surface area contributed by atoms with Gasteiger partial charge in [-0.2, -0.15) is 0 Å². The lowest BCUT2D eigenvalue weighted by molar-refractivity contribution is -0.138. The van der Waals surface area contributed by atoms with Crippen LogP contribution >= 0.6 is 39.0 Å². The SMILES string of the molecule is CCOC(=O)C1=C(c2ccccc2)N=c2s/c(=C/c3cc(Br)c(Sc4nccc(C)n4)o3)c(=O)n2[C@H]1c1ccc(C(C)C)cc1. The zero-order valence-electron chi connectivity index (χ0n) is 25.0. The second kappa shape index (κ2) is 13.1. The molecule has 8 nitrogen and oxygen atoms in total. The number of halogens is 1. The van der Waals surface area contributed by atoms with Gasteiger partial charge in [-0.15, -0.1) is 0 Å². The molecule has 11 heteroatoms. The molecule has 0 bridgehead atoms. The van der Waals surface area contributed by atoms with Gasteiger partial charge < -0.3 is 9.15 Å². The Bertz CT molecular complexity index is 2100. The van der Waals surface area contributed by atoms with Crippen molar-refractivity contribution < 1.29 is 13.9 Å². The molecule has 4 heterocycles. The van der Waals surface area contributed by atoms with Crippen molar-refractivity contribution in [2.45, 2.75) is 49.9 Å². The fourth-order valence-electron chi connectivity index (χ4n) is 5.02. The molecule has 5 aromatic rings. The number of ether oxygens (including phenoxy) is 1. The van der Waals surface area contributed by atoms with E-state index >= 15 is 0 Å². The molecule has 6 rings (SSSR count). The van der Waals surface area contributed by atoms with Crippen molar-refractivity contribution in [3.8, 4) is 0 Å². The minimum absolute atomic E-state index is 0.190. The lowest BCUT2D eigenvalue weighted by Gasteiger charge is -2.26. The molecule has 0 fully saturated rings. The third-order valence-corrected chi connectivity index (χ3v) is 9.90. The maximum Gasteiger partial charge on any atom is 0.338 e. The van der Waals surface area contributed by atoms with E-state index in [9.17, 15) is 9.59 Å². The minimum atomic E-state index is -0.744. The quantitative estimate of drug-likeness (QED) is 0.132. The molecule has 1 aliphatic heterocycles. The van der Waals surface area contributed by atoms with Crippen LogP contribution in [0.2, 0.25) is 0 Å². The summed E-state index contributed by atoms with van der Waals surface area (Å²) in [4.78, 5) is 42.0. The summed E-state index contributed by atoms with van der Waals surface area (Å²) < 4.78 is 14.4. The highest BCUT2D eigenvalue weighted by Gasteiger charge is 2.35. The van der Waals surface area contributed by atoms with Gasteiger partial charge in [-0.25, -0.2) is 19.8 Å². The predicted molar refractivity (Wildman–Crippen MR) is 179 cm³/mol. The highest BCUT2D eigenvalue weighted by atomic mass is 79.9. The molecule has 0 radical (unpaired) electrons. The summed E-state index contributed by atoms with van der Waals surface area (Å²) in [6, 6.07) is 20.4. The van der Waals surface area contributed by atoms with Crippen LogP contribution in [-0.4, -0.2) is 27.1 Å². The van der Waals surface area contributed by atoms with Gasteiger partial charge in [0.2, 0.25) is 0 Å². The van der Waals surface area contributed by atoms with Crippen LogP contribution in [0.4, 0.5) is 0 Å². The Balaban J connectivity index is 1.53. The van der Waals surface area contributed by atoms with Crippen molar-refractivity contribution in [2.75, 3.05) is 6.61 Å².